The minimum atomic E-state index is -0.441. The third-order valence-electron chi connectivity index (χ3n) is 3.25. The van der Waals surface area contributed by atoms with Gasteiger partial charge in [-0.3, -0.25) is 0 Å². The number of pyridine rings is 1. The van der Waals surface area contributed by atoms with Gasteiger partial charge in [-0.05, 0) is 0 Å². The molecule has 0 radical (unpaired) electrons. The average Bonchev–Trinajstić information content (AvgIpc) is 2.54. The molecule has 0 saturated carbocycles. The van der Waals surface area contributed by atoms with E-state index >= 15 is 0 Å². The fourth-order valence-corrected chi connectivity index (χ4v) is 2.49. The van der Waals surface area contributed by atoms with Gasteiger partial charge in [0.15, 0.2) is 11.0 Å². The molecule has 3 nitrogen and oxygen atoms in total. The number of hydrogen-bond donors (Lipinski definition) is 1. The normalized spacial score (nSPS) is 28.8. The predicted molar refractivity (Wildman–Crippen MR) is 56.7 cm³/mol. The fourth-order valence-electron chi connectivity index (χ4n) is 2.39. The summed E-state index contributed by atoms with van der Waals surface area (Å²) >= 11 is 5.54. The van der Waals surface area contributed by atoms with Gasteiger partial charge < -0.3 is 10.2 Å². The maximum atomic E-state index is 13.2. The molecule has 0 amide bonds. The topological polar surface area (TPSA) is 28.2 Å². The van der Waals surface area contributed by atoms with Crippen molar-refractivity contribution < 1.29 is 4.39 Å². The Bertz CT molecular complexity index is 398. The van der Waals surface area contributed by atoms with Crippen molar-refractivity contribution in [1.29, 1.82) is 0 Å². The molecule has 0 unspecified atom stereocenters. The van der Waals surface area contributed by atoms with Gasteiger partial charge >= 0.3 is 0 Å². The number of anilines is 1. The summed E-state index contributed by atoms with van der Waals surface area (Å²) in [5.41, 5.74) is 0.835. The number of nitrogens with zero attached hydrogens (tertiary/aromatic N) is 2. The van der Waals surface area contributed by atoms with Crippen LogP contribution in [0.15, 0.2) is 12.3 Å². The second kappa shape index (κ2) is 3.32. The average molecular weight is 228 g/mol. The van der Waals surface area contributed by atoms with Gasteiger partial charge in [-0.1, -0.05) is 11.6 Å². The zero-order chi connectivity index (χ0) is 10.4. The molecule has 0 aliphatic carbocycles. The number of fused-ring (bicyclic) bond motifs is 1. The lowest BCUT2D eigenvalue weighted by Gasteiger charge is -2.45. The molecule has 15 heavy (non-hydrogen) atoms. The van der Waals surface area contributed by atoms with E-state index in [9.17, 15) is 4.39 Å². The highest BCUT2D eigenvalue weighted by molar-refractivity contribution is 6.29. The number of halogens is 2. The summed E-state index contributed by atoms with van der Waals surface area (Å²) < 4.78 is 13.2. The molecule has 5 heteroatoms. The van der Waals surface area contributed by atoms with Gasteiger partial charge in [-0.15, -0.1) is 0 Å². The first kappa shape index (κ1) is 9.36. The largest absolute Gasteiger partial charge is 0.365 e. The Kier molecular flexibility index (Phi) is 2.07. The lowest BCUT2D eigenvalue weighted by Crippen LogP contribution is -2.55. The maximum absolute atomic E-state index is 13.2. The molecule has 1 aromatic heterocycles. The van der Waals surface area contributed by atoms with E-state index in [0.717, 1.165) is 25.3 Å². The first-order chi connectivity index (χ1) is 7.25. The van der Waals surface area contributed by atoms with Crippen molar-refractivity contribution in [3.05, 3.63) is 23.2 Å². The SMILES string of the molecule is Fc1cc(N2C[C@H]3CNC[C@H]32)cnc1Cl. The molecular formula is C10H11ClFN3. The van der Waals surface area contributed by atoms with Crippen LogP contribution in [0.1, 0.15) is 0 Å². The molecule has 3 rings (SSSR count). The van der Waals surface area contributed by atoms with Crippen LogP contribution in [-0.2, 0) is 0 Å². The van der Waals surface area contributed by atoms with Crippen molar-refractivity contribution in [2.75, 3.05) is 24.5 Å². The van der Waals surface area contributed by atoms with Gasteiger partial charge in [0.05, 0.1) is 11.9 Å². The first-order valence-corrected chi connectivity index (χ1v) is 5.42. The van der Waals surface area contributed by atoms with E-state index in [1.165, 1.54) is 6.07 Å². The zero-order valence-electron chi connectivity index (χ0n) is 8.08. The van der Waals surface area contributed by atoms with Crippen LogP contribution in [0.5, 0.6) is 0 Å². The van der Waals surface area contributed by atoms with Crippen LogP contribution in [0.3, 0.4) is 0 Å². The Balaban J connectivity index is 1.85. The van der Waals surface area contributed by atoms with Crippen molar-refractivity contribution >= 4 is 17.3 Å². The van der Waals surface area contributed by atoms with Gasteiger partial charge in [0.2, 0.25) is 0 Å². The smallest absolute Gasteiger partial charge is 0.164 e. The second-order valence-corrected chi connectivity index (χ2v) is 4.46. The molecule has 0 bridgehead atoms. The van der Waals surface area contributed by atoms with Gasteiger partial charge in [-0.2, -0.15) is 0 Å². The number of hydrogen-bond acceptors (Lipinski definition) is 3. The van der Waals surface area contributed by atoms with Crippen molar-refractivity contribution in [3.8, 4) is 0 Å². The van der Waals surface area contributed by atoms with Gasteiger partial charge in [-0.25, -0.2) is 9.37 Å². The van der Waals surface area contributed by atoms with E-state index in [0.29, 0.717) is 12.0 Å². The van der Waals surface area contributed by atoms with Crippen molar-refractivity contribution in [2.24, 2.45) is 5.92 Å². The van der Waals surface area contributed by atoms with Crippen molar-refractivity contribution in [3.63, 3.8) is 0 Å². The van der Waals surface area contributed by atoms with Gasteiger partial charge in [0, 0.05) is 37.7 Å². The minimum Gasteiger partial charge on any atom is -0.365 e. The summed E-state index contributed by atoms with van der Waals surface area (Å²) in [5.74, 6) is 0.271. The monoisotopic (exact) mass is 227 g/mol. The Labute approximate surface area is 92.2 Å². The fraction of sp³-hybridized carbons (Fsp3) is 0.500. The molecule has 2 aliphatic rings. The Morgan fingerprint density at radius 2 is 2.40 bits per heavy atom. The predicted octanol–water partition coefficient (Wildman–Crippen LogP) is 1.28. The van der Waals surface area contributed by atoms with Crippen LogP contribution < -0.4 is 10.2 Å². The molecule has 2 atom stereocenters. The highest BCUT2D eigenvalue weighted by atomic mass is 35.5. The van der Waals surface area contributed by atoms with Crippen LogP contribution in [0, 0.1) is 11.7 Å². The lowest BCUT2D eigenvalue weighted by atomic mass is 9.91. The van der Waals surface area contributed by atoms with Crippen LogP contribution in [0.2, 0.25) is 5.15 Å². The summed E-state index contributed by atoms with van der Waals surface area (Å²) in [6.45, 7) is 3.04. The van der Waals surface area contributed by atoms with E-state index < -0.39 is 5.82 Å². The zero-order valence-corrected chi connectivity index (χ0v) is 8.84. The molecule has 1 N–H and O–H groups in total. The molecule has 3 heterocycles. The minimum absolute atomic E-state index is 0.0552. The van der Waals surface area contributed by atoms with Crippen molar-refractivity contribution in [1.82, 2.24) is 10.3 Å². The summed E-state index contributed by atoms with van der Waals surface area (Å²) in [6, 6.07) is 1.97. The van der Waals surface area contributed by atoms with Crippen molar-refractivity contribution in [2.45, 2.75) is 6.04 Å². The highest BCUT2D eigenvalue weighted by Crippen LogP contribution is 2.33. The van der Waals surface area contributed by atoms with E-state index in [-0.39, 0.29) is 5.15 Å². The van der Waals surface area contributed by atoms with E-state index in [1.54, 1.807) is 6.20 Å². The van der Waals surface area contributed by atoms with Crippen LogP contribution in [0.25, 0.3) is 0 Å². The third-order valence-corrected chi connectivity index (χ3v) is 3.53. The Hall–Kier alpha value is -0.870. The molecule has 2 aliphatic heterocycles. The summed E-state index contributed by atoms with van der Waals surface area (Å²) in [7, 11) is 0. The number of aromatic nitrogens is 1. The molecule has 0 aromatic carbocycles. The van der Waals surface area contributed by atoms with Gasteiger partial charge in [0.1, 0.15) is 0 Å². The summed E-state index contributed by atoms with van der Waals surface area (Å²) in [6.07, 6.45) is 1.64. The quantitative estimate of drug-likeness (QED) is 0.733. The van der Waals surface area contributed by atoms with E-state index in [2.05, 4.69) is 15.2 Å². The number of nitrogens with one attached hydrogen (secondary N) is 1. The van der Waals surface area contributed by atoms with Crippen LogP contribution in [-0.4, -0.2) is 30.7 Å². The second-order valence-electron chi connectivity index (χ2n) is 4.10. The molecule has 80 valence electrons. The lowest BCUT2D eigenvalue weighted by molar-refractivity contribution is 0.364. The Morgan fingerprint density at radius 3 is 3.13 bits per heavy atom. The van der Waals surface area contributed by atoms with E-state index in [1.807, 2.05) is 0 Å². The Morgan fingerprint density at radius 1 is 1.53 bits per heavy atom. The first-order valence-electron chi connectivity index (χ1n) is 5.04. The number of rotatable bonds is 1. The van der Waals surface area contributed by atoms with Gasteiger partial charge in [0.25, 0.3) is 0 Å². The van der Waals surface area contributed by atoms with Crippen LogP contribution in [0.4, 0.5) is 10.1 Å². The highest BCUT2D eigenvalue weighted by Gasteiger charge is 2.42. The summed E-state index contributed by atoms with van der Waals surface area (Å²) in [4.78, 5) is 6.00. The maximum Gasteiger partial charge on any atom is 0.164 e. The summed E-state index contributed by atoms with van der Waals surface area (Å²) in [5, 5.41) is 3.27. The van der Waals surface area contributed by atoms with E-state index in [4.69, 9.17) is 11.6 Å². The third kappa shape index (κ3) is 1.40. The molecule has 0 spiro atoms. The molecule has 2 fully saturated rings. The molecule has 2 saturated heterocycles. The molecular weight excluding hydrogens is 217 g/mol. The standard InChI is InChI=1S/C10H11ClFN3/c11-10-8(12)1-7(3-14-10)15-5-6-2-13-4-9(6)15/h1,3,6,9,13H,2,4-5H2/t6-,9-/m1/s1. The van der Waals surface area contributed by atoms with Crippen LogP contribution >= 0.6 is 11.6 Å². The molecule has 1 aromatic rings.